The van der Waals surface area contributed by atoms with Crippen LogP contribution in [0.1, 0.15) is 26.3 Å². The monoisotopic (exact) mass is 375 g/mol. The van der Waals surface area contributed by atoms with Crippen LogP contribution in [0, 0.1) is 0 Å². The van der Waals surface area contributed by atoms with Gasteiger partial charge >= 0.3 is 11.9 Å². The number of aromatic nitrogens is 1. The zero-order chi connectivity index (χ0) is 20.4. The number of hydrogen-bond acceptors (Lipinski definition) is 5. The van der Waals surface area contributed by atoms with Crippen LogP contribution in [0.5, 0.6) is 0 Å². The minimum absolute atomic E-state index is 0.260. The number of likely N-dealkylation sites (N-methyl/N-ethyl adjacent to an activating group) is 1. The molecule has 8 heteroatoms. The zero-order valence-electron chi connectivity index (χ0n) is 15.9. The van der Waals surface area contributed by atoms with E-state index in [1.54, 1.807) is 27.0 Å². The number of esters is 1. The molecule has 0 spiro atoms. The molecule has 8 nitrogen and oxygen atoms in total. The zero-order valence-corrected chi connectivity index (χ0v) is 15.9. The van der Waals surface area contributed by atoms with Gasteiger partial charge in [-0.3, -0.25) is 4.79 Å². The highest BCUT2D eigenvalue weighted by molar-refractivity contribution is 6.08. The number of benzene rings is 1. The van der Waals surface area contributed by atoms with Crippen molar-refractivity contribution in [2.75, 3.05) is 13.6 Å². The van der Waals surface area contributed by atoms with Gasteiger partial charge in [-0.15, -0.1) is 0 Å². The van der Waals surface area contributed by atoms with Crippen LogP contribution in [0.4, 0.5) is 0 Å². The molecule has 2 rings (SSSR count). The number of amides is 1. The average molecular weight is 375 g/mol. The summed E-state index contributed by atoms with van der Waals surface area (Å²) in [7, 11) is 1.25. The highest BCUT2D eigenvalue weighted by Crippen LogP contribution is 2.29. The third-order valence-electron chi connectivity index (χ3n) is 4.33. The van der Waals surface area contributed by atoms with Crippen molar-refractivity contribution in [2.24, 2.45) is 5.73 Å². The third-order valence-corrected chi connectivity index (χ3v) is 4.33. The fourth-order valence-corrected chi connectivity index (χ4v) is 2.90. The number of carbonyl (C=O) groups excluding carboxylic acids is 2. The number of nitrogens with one attached hydrogen (secondary N) is 1. The normalized spacial score (nSPS) is 13.8. The Balaban J connectivity index is 2.61. The number of aliphatic carboxylic acids is 1. The molecule has 0 fully saturated rings. The summed E-state index contributed by atoms with van der Waals surface area (Å²) in [6.07, 6.45) is 1.37. The average Bonchev–Trinajstić information content (AvgIpc) is 2.99. The molecule has 0 saturated carbocycles. The van der Waals surface area contributed by atoms with Gasteiger partial charge in [0.15, 0.2) is 0 Å². The number of carboxylic acids is 1. The topological polar surface area (TPSA) is 126 Å². The van der Waals surface area contributed by atoms with Gasteiger partial charge in [-0.1, -0.05) is 18.2 Å². The molecule has 0 aliphatic rings. The van der Waals surface area contributed by atoms with Crippen LogP contribution in [0.2, 0.25) is 0 Å². The predicted octanol–water partition coefficient (Wildman–Crippen LogP) is 1.29. The number of ether oxygens (including phenoxy) is 1. The van der Waals surface area contributed by atoms with E-state index in [4.69, 9.17) is 10.5 Å². The van der Waals surface area contributed by atoms with E-state index in [2.05, 4.69) is 4.98 Å². The Kier molecular flexibility index (Phi) is 5.60. The van der Waals surface area contributed by atoms with Crippen molar-refractivity contribution in [1.29, 1.82) is 0 Å². The smallest absolute Gasteiger partial charge is 0.344 e. The Morgan fingerprint density at radius 2 is 1.85 bits per heavy atom. The first kappa shape index (κ1) is 20.4. The van der Waals surface area contributed by atoms with Crippen LogP contribution >= 0.6 is 0 Å². The summed E-state index contributed by atoms with van der Waals surface area (Å²) < 4.78 is 5.38. The summed E-state index contributed by atoms with van der Waals surface area (Å²) in [4.78, 5) is 41.5. The Labute approximate surface area is 157 Å². The quantitative estimate of drug-likeness (QED) is 0.516. The van der Waals surface area contributed by atoms with E-state index >= 15 is 0 Å². The first-order chi connectivity index (χ1) is 12.5. The lowest BCUT2D eigenvalue weighted by Gasteiger charge is -2.37. The molecular formula is C19H25N3O5. The lowest BCUT2D eigenvalue weighted by atomic mass is 9.88. The molecular weight excluding hydrogens is 350 g/mol. The molecule has 0 aliphatic carbocycles. The number of carboxylic acid groups (broad SMARTS) is 1. The van der Waals surface area contributed by atoms with Crippen LogP contribution in [-0.2, 0) is 25.5 Å². The second-order valence-corrected chi connectivity index (χ2v) is 7.36. The predicted molar refractivity (Wildman–Crippen MR) is 100 cm³/mol. The molecule has 0 bridgehead atoms. The molecule has 1 aromatic heterocycles. The Bertz CT molecular complexity index is 868. The Morgan fingerprint density at radius 1 is 1.22 bits per heavy atom. The van der Waals surface area contributed by atoms with E-state index in [0.29, 0.717) is 5.56 Å². The van der Waals surface area contributed by atoms with Crippen molar-refractivity contribution in [3.05, 3.63) is 36.0 Å². The number of para-hydroxylation sites is 1. The van der Waals surface area contributed by atoms with Gasteiger partial charge in [0, 0.05) is 30.6 Å². The van der Waals surface area contributed by atoms with E-state index in [0.717, 1.165) is 15.8 Å². The van der Waals surface area contributed by atoms with Crippen LogP contribution in [0.25, 0.3) is 10.9 Å². The van der Waals surface area contributed by atoms with Gasteiger partial charge in [0.2, 0.25) is 11.4 Å². The lowest BCUT2D eigenvalue weighted by Crippen LogP contribution is -2.64. The van der Waals surface area contributed by atoms with Crippen LogP contribution in [-0.4, -0.2) is 57.6 Å². The van der Waals surface area contributed by atoms with Crippen molar-refractivity contribution in [3.63, 3.8) is 0 Å². The Hall–Kier alpha value is -2.87. The minimum Gasteiger partial charge on any atom is -0.479 e. The number of rotatable bonds is 6. The van der Waals surface area contributed by atoms with Crippen molar-refractivity contribution >= 4 is 28.7 Å². The number of fused-ring (bicyclic) bond motifs is 1. The first-order valence-corrected chi connectivity index (χ1v) is 8.51. The van der Waals surface area contributed by atoms with E-state index in [1.807, 2.05) is 24.3 Å². The van der Waals surface area contributed by atoms with Gasteiger partial charge < -0.3 is 25.5 Å². The summed E-state index contributed by atoms with van der Waals surface area (Å²) in [5.41, 5.74) is 3.63. The number of carbonyl (C=O) groups is 3. The molecule has 146 valence electrons. The second-order valence-electron chi connectivity index (χ2n) is 7.36. The summed E-state index contributed by atoms with van der Waals surface area (Å²) in [5, 5.41) is 10.8. The molecule has 1 heterocycles. The van der Waals surface area contributed by atoms with Crippen molar-refractivity contribution in [2.45, 2.75) is 38.3 Å². The van der Waals surface area contributed by atoms with Crippen molar-refractivity contribution in [3.8, 4) is 0 Å². The Morgan fingerprint density at radius 3 is 2.41 bits per heavy atom. The maximum absolute atomic E-state index is 13.0. The summed E-state index contributed by atoms with van der Waals surface area (Å²) >= 11 is 0. The van der Waals surface area contributed by atoms with Crippen molar-refractivity contribution in [1.82, 2.24) is 9.88 Å². The number of nitrogens with zero attached hydrogens (tertiary/aromatic N) is 1. The lowest BCUT2D eigenvalue weighted by molar-refractivity contribution is -0.181. The third kappa shape index (κ3) is 3.95. The van der Waals surface area contributed by atoms with E-state index < -0.39 is 35.5 Å². The van der Waals surface area contributed by atoms with E-state index in [-0.39, 0.29) is 6.42 Å². The van der Waals surface area contributed by atoms with Gasteiger partial charge in [0.1, 0.15) is 5.60 Å². The highest BCUT2D eigenvalue weighted by Gasteiger charge is 2.54. The number of aromatic amines is 1. The molecule has 0 unspecified atom stereocenters. The van der Waals surface area contributed by atoms with Crippen LogP contribution < -0.4 is 5.73 Å². The number of hydrogen-bond donors (Lipinski definition) is 3. The standard InChI is InChI=1S/C19H25N3O5/c1-18(2,3)27-17(26)19(16(24)25,22(4)15(23)10-20)9-12-11-21-14-8-6-5-7-13(12)14/h5-8,11,21H,9-10,20H2,1-4H3,(H,24,25)/t19-/m0/s1. The van der Waals surface area contributed by atoms with Crippen molar-refractivity contribution < 1.29 is 24.2 Å². The molecule has 0 aliphatic heterocycles. The first-order valence-electron chi connectivity index (χ1n) is 8.51. The molecule has 0 saturated heterocycles. The summed E-state index contributed by atoms with van der Waals surface area (Å²) in [6, 6.07) is 7.30. The second kappa shape index (κ2) is 7.40. The van der Waals surface area contributed by atoms with Crippen LogP contribution in [0.15, 0.2) is 30.5 Å². The van der Waals surface area contributed by atoms with Gasteiger partial charge in [0.05, 0.1) is 6.54 Å². The summed E-state index contributed by atoms with van der Waals surface area (Å²) in [5.74, 6) is -3.17. The SMILES string of the molecule is CN(C(=O)CN)[C@@](Cc1c[nH]c2ccccc12)(C(=O)O)C(=O)OC(C)(C)C. The van der Waals surface area contributed by atoms with E-state index in [1.165, 1.54) is 7.05 Å². The molecule has 1 amide bonds. The minimum atomic E-state index is -2.24. The maximum atomic E-state index is 13.0. The fourth-order valence-electron chi connectivity index (χ4n) is 2.90. The maximum Gasteiger partial charge on any atom is 0.344 e. The van der Waals surface area contributed by atoms with Gasteiger partial charge in [0.25, 0.3) is 0 Å². The van der Waals surface area contributed by atoms with Crippen LogP contribution in [0.3, 0.4) is 0 Å². The number of H-pyrrole nitrogens is 1. The molecule has 4 N–H and O–H groups in total. The number of nitrogens with two attached hydrogens (primary N) is 1. The largest absolute Gasteiger partial charge is 0.479 e. The highest BCUT2D eigenvalue weighted by atomic mass is 16.6. The van der Waals surface area contributed by atoms with Gasteiger partial charge in [-0.2, -0.15) is 0 Å². The van der Waals surface area contributed by atoms with E-state index in [9.17, 15) is 19.5 Å². The molecule has 2 aromatic rings. The molecule has 0 radical (unpaired) electrons. The van der Waals surface area contributed by atoms with Gasteiger partial charge in [-0.05, 0) is 32.4 Å². The fraction of sp³-hybridized carbons (Fsp3) is 0.421. The molecule has 27 heavy (non-hydrogen) atoms. The molecule has 1 atom stereocenters. The summed E-state index contributed by atoms with van der Waals surface area (Å²) in [6.45, 7) is 4.47. The molecule has 1 aromatic carbocycles. The van der Waals surface area contributed by atoms with Gasteiger partial charge in [-0.25, -0.2) is 9.59 Å².